The molecule has 0 heterocycles. The van der Waals surface area contributed by atoms with Gasteiger partial charge in [-0.1, -0.05) is 36.8 Å². The molecule has 3 nitrogen and oxygen atoms in total. The van der Waals surface area contributed by atoms with Crippen molar-refractivity contribution in [1.82, 2.24) is 0 Å². The molecule has 0 saturated heterocycles. The second kappa shape index (κ2) is 4.45. The molecule has 0 fully saturated rings. The van der Waals surface area contributed by atoms with Crippen molar-refractivity contribution in [3.8, 4) is 0 Å². The number of hydrogen-bond donors (Lipinski definition) is 1. The molecule has 1 unspecified atom stereocenters. The lowest BCUT2D eigenvalue weighted by atomic mass is 9.90. The lowest BCUT2D eigenvalue weighted by Gasteiger charge is -2.27. The van der Waals surface area contributed by atoms with Crippen molar-refractivity contribution in [2.45, 2.75) is 25.9 Å². The molecule has 0 spiro atoms. The van der Waals surface area contributed by atoms with Crippen LogP contribution in [0, 0.1) is 6.92 Å². The number of carbonyl (C=O) groups is 1. The quantitative estimate of drug-likeness (QED) is 0.826. The van der Waals surface area contributed by atoms with Crippen LogP contribution < -0.4 is 0 Å². The zero-order valence-electron chi connectivity index (χ0n) is 9.28. The van der Waals surface area contributed by atoms with E-state index in [1.807, 2.05) is 19.1 Å². The predicted octanol–water partition coefficient (Wildman–Crippen LogP) is 2.33. The average Bonchev–Trinajstić information content (AvgIpc) is 2.22. The van der Waals surface area contributed by atoms with Gasteiger partial charge in [-0.25, -0.2) is 4.79 Å². The highest BCUT2D eigenvalue weighted by molar-refractivity contribution is 5.79. The third kappa shape index (κ3) is 2.02. The van der Waals surface area contributed by atoms with Crippen LogP contribution in [0.1, 0.15) is 24.5 Å². The monoisotopic (exact) mass is 208 g/mol. The summed E-state index contributed by atoms with van der Waals surface area (Å²) >= 11 is 0. The summed E-state index contributed by atoms with van der Waals surface area (Å²) in [5.41, 5.74) is 0.573. The minimum atomic E-state index is -1.21. The number of carboxylic acids is 1. The predicted molar refractivity (Wildman–Crippen MR) is 57.8 cm³/mol. The van der Waals surface area contributed by atoms with Gasteiger partial charge in [0.15, 0.2) is 5.60 Å². The van der Waals surface area contributed by atoms with E-state index in [4.69, 9.17) is 4.74 Å². The second-order valence-corrected chi connectivity index (χ2v) is 3.56. The summed E-state index contributed by atoms with van der Waals surface area (Å²) in [6, 6.07) is 7.39. The topological polar surface area (TPSA) is 46.5 Å². The van der Waals surface area contributed by atoms with Crippen molar-refractivity contribution in [2.75, 3.05) is 7.11 Å². The van der Waals surface area contributed by atoms with E-state index in [1.54, 1.807) is 19.1 Å². The third-order valence-corrected chi connectivity index (χ3v) is 2.71. The molecule has 3 heteroatoms. The highest BCUT2D eigenvalue weighted by Crippen LogP contribution is 2.29. The largest absolute Gasteiger partial charge is 0.479 e. The second-order valence-electron chi connectivity index (χ2n) is 3.56. The molecule has 0 radical (unpaired) electrons. The lowest BCUT2D eigenvalue weighted by molar-refractivity contribution is -0.164. The number of ether oxygens (including phenoxy) is 1. The van der Waals surface area contributed by atoms with Crippen molar-refractivity contribution in [1.29, 1.82) is 0 Å². The van der Waals surface area contributed by atoms with Crippen molar-refractivity contribution in [3.63, 3.8) is 0 Å². The van der Waals surface area contributed by atoms with Gasteiger partial charge in [-0.05, 0) is 18.9 Å². The van der Waals surface area contributed by atoms with E-state index in [1.165, 1.54) is 7.11 Å². The molecule has 0 bridgehead atoms. The van der Waals surface area contributed by atoms with E-state index in [0.717, 1.165) is 5.56 Å². The van der Waals surface area contributed by atoms with E-state index in [0.29, 0.717) is 12.0 Å². The summed E-state index contributed by atoms with van der Waals surface area (Å²) in [4.78, 5) is 11.2. The van der Waals surface area contributed by atoms with Gasteiger partial charge in [0.25, 0.3) is 0 Å². The number of aryl methyl sites for hydroxylation is 1. The van der Waals surface area contributed by atoms with Crippen LogP contribution in [0.3, 0.4) is 0 Å². The number of aliphatic carboxylic acids is 1. The molecule has 0 saturated carbocycles. The summed E-state index contributed by atoms with van der Waals surface area (Å²) in [5.74, 6) is -0.948. The molecule has 1 rings (SSSR count). The van der Waals surface area contributed by atoms with Crippen LogP contribution >= 0.6 is 0 Å². The SMILES string of the molecule is CCC(OC)(C(=O)O)c1ccc(C)cc1. The van der Waals surface area contributed by atoms with Gasteiger partial charge in [0.2, 0.25) is 0 Å². The maximum atomic E-state index is 11.2. The van der Waals surface area contributed by atoms with Crippen LogP contribution in [0.2, 0.25) is 0 Å². The Hall–Kier alpha value is -1.35. The molecule has 1 aromatic carbocycles. The number of carboxylic acid groups (broad SMARTS) is 1. The summed E-state index contributed by atoms with van der Waals surface area (Å²) in [6.45, 7) is 3.77. The molecule has 82 valence electrons. The van der Waals surface area contributed by atoms with Gasteiger partial charge >= 0.3 is 5.97 Å². The Morgan fingerprint density at radius 1 is 1.40 bits per heavy atom. The summed E-state index contributed by atoms with van der Waals surface area (Å²) < 4.78 is 5.17. The first-order valence-electron chi connectivity index (χ1n) is 4.92. The van der Waals surface area contributed by atoms with E-state index in [2.05, 4.69) is 0 Å². The first-order chi connectivity index (χ1) is 7.06. The lowest BCUT2D eigenvalue weighted by Crippen LogP contribution is -2.37. The van der Waals surface area contributed by atoms with Crippen LogP contribution in [0.5, 0.6) is 0 Å². The summed E-state index contributed by atoms with van der Waals surface area (Å²) in [5, 5.41) is 9.22. The number of benzene rings is 1. The molecular formula is C12H16O3. The van der Waals surface area contributed by atoms with Crippen LogP contribution in [0.15, 0.2) is 24.3 Å². The molecule has 1 N–H and O–H groups in total. The van der Waals surface area contributed by atoms with Gasteiger partial charge in [-0.15, -0.1) is 0 Å². The van der Waals surface area contributed by atoms with Crippen LogP contribution in [-0.2, 0) is 15.1 Å². The first kappa shape index (κ1) is 11.7. The van der Waals surface area contributed by atoms with Gasteiger partial charge in [-0.2, -0.15) is 0 Å². The first-order valence-corrected chi connectivity index (χ1v) is 4.92. The molecule has 0 aliphatic heterocycles. The van der Waals surface area contributed by atoms with Gasteiger partial charge in [-0.3, -0.25) is 0 Å². The van der Waals surface area contributed by atoms with E-state index < -0.39 is 11.6 Å². The van der Waals surface area contributed by atoms with Crippen molar-refractivity contribution < 1.29 is 14.6 Å². The Bertz CT molecular complexity index is 336. The Morgan fingerprint density at radius 2 is 1.93 bits per heavy atom. The Morgan fingerprint density at radius 3 is 2.27 bits per heavy atom. The summed E-state index contributed by atoms with van der Waals surface area (Å²) in [6.07, 6.45) is 0.405. The highest BCUT2D eigenvalue weighted by atomic mass is 16.5. The van der Waals surface area contributed by atoms with Crippen LogP contribution in [0.4, 0.5) is 0 Å². The number of hydrogen-bond acceptors (Lipinski definition) is 2. The molecule has 0 aliphatic rings. The maximum absolute atomic E-state index is 11.2. The number of methoxy groups -OCH3 is 1. The average molecular weight is 208 g/mol. The molecule has 1 aromatic rings. The molecule has 0 aromatic heterocycles. The molecular weight excluding hydrogens is 192 g/mol. The smallest absolute Gasteiger partial charge is 0.340 e. The fourth-order valence-electron chi connectivity index (χ4n) is 1.65. The van der Waals surface area contributed by atoms with Gasteiger partial charge in [0.1, 0.15) is 0 Å². The normalized spacial score (nSPS) is 14.6. The van der Waals surface area contributed by atoms with Crippen LogP contribution in [0.25, 0.3) is 0 Å². The van der Waals surface area contributed by atoms with Gasteiger partial charge in [0.05, 0.1) is 0 Å². The zero-order valence-corrected chi connectivity index (χ0v) is 9.28. The van der Waals surface area contributed by atoms with E-state index >= 15 is 0 Å². The Kier molecular flexibility index (Phi) is 3.48. The third-order valence-electron chi connectivity index (χ3n) is 2.71. The Labute approximate surface area is 89.7 Å². The minimum Gasteiger partial charge on any atom is -0.479 e. The fraction of sp³-hybridized carbons (Fsp3) is 0.417. The van der Waals surface area contributed by atoms with Crippen LogP contribution in [-0.4, -0.2) is 18.2 Å². The van der Waals surface area contributed by atoms with Crippen molar-refractivity contribution in [2.24, 2.45) is 0 Å². The Balaban J connectivity index is 3.20. The molecule has 0 amide bonds. The highest BCUT2D eigenvalue weighted by Gasteiger charge is 2.38. The standard InChI is InChI=1S/C12H16O3/c1-4-12(15-3,11(13)14)10-7-5-9(2)6-8-10/h5-8H,4H2,1-3H3,(H,13,14). The van der Waals surface area contributed by atoms with Crippen molar-refractivity contribution in [3.05, 3.63) is 35.4 Å². The fourth-order valence-corrected chi connectivity index (χ4v) is 1.65. The molecule has 1 atom stereocenters. The number of rotatable bonds is 4. The van der Waals surface area contributed by atoms with E-state index in [-0.39, 0.29) is 0 Å². The summed E-state index contributed by atoms with van der Waals surface area (Å²) in [7, 11) is 1.43. The van der Waals surface area contributed by atoms with Gasteiger partial charge < -0.3 is 9.84 Å². The molecule has 15 heavy (non-hydrogen) atoms. The van der Waals surface area contributed by atoms with Gasteiger partial charge in [0, 0.05) is 7.11 Å². The molecule has 0 aliphatic carbocycles. The zero-order chi connectivity index (χ0) is 11.5. The van der Waals surface area contributed by atoms with E-state index in [9.17, 15) is 9.90 Å². The maximum Gasteiger partial charge on any atom is 0.340 e. The van der Waals surface area contributed by atoms with Crippen molar-refractivity contribution >= 4 is 5.97 Å². The minimum absolute atomic E-state index is 0.405.